The highest BCUT2D eigenvalue weighted by Gasteiger charge is 2.16. The van der Waals surface area contributed by atoms with Gasteiger partial charge < -0.3 is 5.11 Å². The Morgan fingerprint density at radius 3 is 2.65 bits per heavy atom. The van der Waals surface area contributed by atoms with Gasteiger partial charge in [-0.25, -0.2) is 9.78 Å². The Balaban J connectivity index is 2.30. The van der Waals surface area contributed by atoms with Crippen LogP contribution >= 0.6 is 27.7 Å². The average Bonchev–Trinajstić information content (AvgIpc) is 2.41. The van der Waals surface area contributed by atoms with Gasteiger partial charge in [-0.3, -0.25) is 10.1 Å². The van der Waals surface area contributed by atoms with Gasteiger partial charge in [-0.15, -0.1) is 0 Å². The quantitative estimate of drug-likeness (QED) is 0.665. The zero-order valence-corrected chi connectivity index (χ0v) is 12.2. The standard InChI is InChI=1S/C12H7BrN2O4S/c13-8-2-3-10(9(5-8)15(18)19)20-11-4-1-7(6-14-11)12(16)17/h1-6H,(H,16,17). The van der Waals surface area contributed by atoms with Crippen LogP contribution in [-0.2, 0) is 0 Å². The summed E-state index contributed by atoms with van der Waals surface area (Å²) in [5, 5.41) is 20.2. The second-order valence-corrected chi connectivity index (χ2v) is 5.64. The van der Waals surface area contributed by atoms with Gasteiger partial charge in [0.25, 0.3) is 5.69 Å². The molecule has 0 unspecified atom stereocenters. The summed E-state index contributed by atoms with van der Waals surface area (Å²) < 4.78 is 0.614. The van der Waals surface area contributed by atoms with Crippen LogP contribution in [0.2, 0.25) is 0 Å². The first-order chi connectivity index (χ1) is 9.47. The fourth-order valence-electron chi connectivity index (χ4n) is 1.40. The van der Waals surface area contributed by atoms with Crippen molar-refractivity contribution >= 4 is 39.3 Å². The molecule has 0 saturated heterocycles. The molecule has 1 aromatic heterocycles. The van der Waals surface area contributed by atoms with Crippen molar-refractivity contribution in [3.8, 4) is 0 Å². The topological polar surface area (TPSA) is 93.3 Å². The summed E-state index contributed by atoms with van der Waals surface area (Å²) >= 11 is 4.29. The molecule has 0 atom stereocenters. The van der Waals surface area contributed by atoms with E-state index in [0.717, 1.165) is 11.8 Å². The summed E-state index contributed by atoms with van der Waals surface area (Å²) in [5.74, 6) is -1.07. The van der Waals surface area contributed by atoms with E-state index in [1.807, 2.05) is 0 Å². The molecule has 0 bridgehead atoms. The lowest BCUT2D eigenvalue weighted by Gasteiger charge is -2.03. The number of halogens is 1. The molecule has 0 aliphatic rings. The lowest BCUT2D eigenvalue weighted by molar-refractivity contribution is -0.387. The van der Waals surface area contributed by atoms with Gasteiger partial charge in [0.1, 0.15) is 5.03 Å². The molecular formula is C12H7BrN2O4S. The minimum atomic E-state index is -1.07. The van der Waals surface area contributed by atoms with E-state index in [2.05, 4.69) is 20.9 Å². The van der Waals surface area contributed by atoms with E-state index in [0.29, 0.717) is 14.4 Å². The SMILES string of the molecule is O=C(O)c1ccc(Sc2ccc(Br)cc2[N+](=O)[O-])nc1. The third-order valence-electron chi connectivity index (χ3n) is 2.32. The summed E-state index contributed by atoms with van der Waals surface area (Å²) in [4.78, 5) is 25.6. The van der Waals surface area contributed by atoms with Crippen LogP contribution in [0.25, 0.3) is 0 Å². The van der Waals surface area contributed by atoms with Crippen LogP contribution in [0.1, 0.15) is 10.4 Å². The van der Waals surface area contributed by atoms with Gasteiger partial charge in [-0.05, 0) is 24.3 Å². The fraction of sp³-hybridized carbons (Fsp3) is 0. The molecule has 0 saturated carbocycles. The fourth-order valence-corrected chi connectivity index (χ4v) is 2.59. The first kappa shape index (κ1) is 14.5. The molecule has 0 fully saturated rings. The molecule has 2 aromatic rings. The molecule has 0 radical (unpaired) electrons. The normalized spacial score (nSPS) is 10.2. The number of aromatic carboxylic acids is 1. The number of carboxylic acids is 1. The Bertz CT molecular complexity index is 676. The minimum Gasteiger partial charge on any atom is -0.478 e. The Morgan fingerprint density at radius 2 is 2.10 bits per heavy atom. The van der Waals surface area contributed by atoms with Crippen molar-refractivity contribution < 1.29 is 14.8 Å². The number of benzene rings is 1. The Labute approximate surface area is 126 Å². The maximum absolute atomic E-state index is 11.0. The molecule has 0 spiro atoms. The van der Waals surface area contributed by atoms with Gasteiger partial charge in [-0.1, -0.05) is 27.7 Å². The molecular weight excluding hydrogens is 348 g/mol. The summed E-state index contributed by atoms with van der Waals surface area (Å²) in [6.45, 7) is 0. The molecule has 0 aliphatic carbocycles. The summed E-state index contributed by atoms with van der Waals surface area (Å²) in [7, 11) is 0. The van der Waals surface area contributed by atoms with Crippen molar-refractivity contribution in [2.24, 2.45) is 0 Å². The zero-order valence-electron chi connectivity index (χ0n) is 9.82. The second kappa shape index (κ2) is 6.02. The van der Waals surface area contributed by atoms with Crippen LogP contribution < -0.4 is 0 Å². The number of carboxylic acid groups (broad SMARTS) is 1. The molecule has 1 heterocycles. The van der Waals surface area contributed by atoms with Crippen molar-refractivity contribution in [1.82, 2.24) is 4.98 Å². The van der Waals surface area contributed by atoms with E-state index in [9.17, 15) is 14.9 Å². The van der Waals surface area contributed by atoms with Gasteiger partial charge in [-0.2, -0.15) is 0 Å². The second-order valence-electron chi connectivity index (χ2n) is 3.66. The first-order valence-corrected chi connectivity index (χ1v) is 6.89. The molecule has 0 amide bonds. The predicted octanol–water partition coefficient (Wildman–Crippen LogP) is 3.60. The van der Waals surface area contributed by atoms with Gasteiger partial charge in [0.15, 0.2) is 0 Å². The minimum absolute atomic E-state index is 0.0338. The van der Waals surface area contributed by atoms with Crippen LogP contribution in [-0.4, -0.2) is 21.0 Å². The van der Waals surface area contributed by atoms with Crippen molar-refractivity contribution in [2.45, 2.75) is 9.92 Å². The monoisotopic (exact) mass is 354 g/mol. The van der Waals surface area contributed by atoms with Crippen LogP contribution in [0.5, 0.6) is 0 Å². The first-order valence-electron chi connectivity index (χ1n) is 5.28. The van der Waals surface area contributed by atoms with Crippen LogP contribution in [0.4, 0.5) is 5.69 Å². The highest BCUT2D eigenvalue weighted by Crippen LogP contribution is 2.35. The van der Waals surface area contributed by atoms with Crippen LogP contribution in [0.3, 0.4) is 0 Å². The van der Waals surface area contributed by atoms with Gasteiger partial charge >= 0.3 is 5.97 Å². The number of nitro groups is 1. The maximum Gasteiger partial charge on any atom is 0.337 e. The number of nitrogens with zero attached hydrogens (tertiary/aromatic N) is 2. The highest BCUT2D eigenvalue weighted by atomic mass is 79.9. The van der Waals surface area contributed by atoms with Crippen molar-refractivity contribution in [3.63, 3.8) is 0 Å². The smallest absolute Gasteiger partial charge is 0.337 e. The lowest BCUT2D eigenvalue weighted by atomic mass is 10.3. The number of hydrogen-bond donors (Lipinski definition) is 1. The van der Waals surface area contributed by atoms with Crippen LogP contribution in [0.15, 0.2) is 50.9 Å². The summed E-state index contributed by atoms with van der Waals surface area (Å²) in [6, 6.07) is 7.64. The van der Waals surface area contributed by atoms with Crippen molar-refractivity contribution in [3.05, 3.63) is 56.7 Å². The van der Waals surface area contributed by atoms with Crippen LogP contribution in [0, 0.1) is 10.1 Å². The van der Waals surface area contributed by atoms with E-state index < -0.39 is 10.9 Å². The highest BCUT2D eigenvalue weighted by molar-refractivity contribution is 9.10. The van der Waals surface area contributed by atoms with Gasteiger partial charge in [0.2, 0.25) is 0 Å². The number of rotatable bonds is 4. The average molecular weight is 355 g/mol. The largest absolute Gasteiger partial charge is 0.478 e. The molecule has 6 nitrogen and oxygen atoms in total. The lowest BCUT2D eigenvalue weighted by Crippen LogP contribution is -1.97. The molecule has 1 aromatic carbocycles. The molecule has 8 heteroatoms. The number of carbonyl (C=O) groups is 1. The summed E-state index contributed by atoms with van der Waals surface area (Å²) in [6.07, 6.45) is 1.22. The Hall–Kier alpha value is -1.93. The summed E-state index contributed by atoms with van der Waals surface area (Å²) in [5.41, 5.74) is 0.0353. The number of pyridine rings is 1. The Morgan fingerprint density at radius 1 is 1.35 bits per heavy atom. The molecule has 102 valence electrons. The zero-order chi connectivity index (χ0) is 14.7. The van der Waals surface area contributed by atoms with Crippen molar-refractivity contribution in [1.29, 1.82) is 0 Å². The van der Waals surface area contributed by atoms with E-state index in [-0.39, 0.29) is 11.3 Å². The number of aromatic nitrogens is 1. The van der Waals surface area contributed by atoms with E-state index in [4.69, 9.17) is 5.11 Å². The third-order valence-corrected chi connectivity index (χ3v) is 3.82. The Kier molecular flexibility index (Phi) is 4.35. The third kappa shape index (κ3) is 3.34. The number of hydrogen-bond acceptors (Lipinski definition) is 5. The van der Waals surface area contributed by atoms with Gasteiger partial charge in [0, 0.05) is 16.7 Å². The number of nitro benzene ring substituents is 1. The molecule has 0 aliphatic heterocycles. The van der Waals surface area contributed by atoms with Gasteiger partial charge in [0.05, 0.1) is 15.4 Å². The van der Waals surface area contributed by atoms with Crippen molar-refractivity contribution in [2.75, 3.05) is 0 Å². The van der Waals surface area contributed by atoms with E-state index in [1.54, 1.807) is 12.1 Å². The molecule has 20 heavy (non-hydrogen) atoms. The van der Waals surface area contributed by atoms with E-state index in [1.165, 1.54) is 24.4 Å². The molecule has 1 N–H and O–H groups in total. The molecule has 2 rings (SSSR count). The predicted molar refractivity (Wildman–Crippen MR) is 76.1 cm³/mol. The maximum atomic E-state index is 11.0. The van der Waals surface area contributed by atoms with E-state index >= 15 is 0 Å².